The lowest BCUT2D eigenvalue weighted by atomic mass is 10.3. The summed E-state index contributed by atoms with van der Waals surface area (Å²) >= 11 is 5.91. The maximum Gasteiger partial charge on any atom is 0.354 e. The molecule has 1 N–H and O–H groups in total. The Labute approximate surface area is 146 Å². The zero-order chi connectivity index (χ0) is 17.6. The van der Waals surface area contributed by atoms with Crippen LogP contribution in [0.25, 0.3) is 22.9 Å². The van der Waals surface area contributed by atoms with E-state index in [-0.39, 0.29) is 5.91 Å². The van der Waals surface area contributed by atoms with E-state index in [1.165, 1.54) is 11.5 Å². The van der Waals surface area contributed by atoms with Gasteiger partial charge in [-0.25, -0.2) is 9.78 Å². The normalized spacial score (nSPS) is 11.1. The van der Waals surface area contributed by atoms with Crippen molar-refractivity contribution in [3.05, 3.63) is 64.3 Å². The first-order valence-corrected chi connectivity index (χ1v) is 7.85. The van der Waals surface area contributed by atoms with Gasteiger partial charge in [0.25, 0.3) is 0 Å². The molecule has 2 aliphatic rings. The molecule has 0 atom stereocenters. The molecule has 0 saturated heterocycles. The van der Waals surface area contributed by atoms with Crippen LogP contribution in [0, 0.1) is 0 Å². The monoisotopic (exact) mass is 353 g/mol. The number of anilines is 1. The number of fused-ring (bicyclic) bond motifs is 3. The highest BCUT2D eigenvalue weighted by molar-refractivity contribution is 6.30. The molecule has 0 bridgehead atoms. The molecule has 1 aromatic heterocycles. The number of amides is 1. The van der Waals surface area contributed by atoms with E-state index in [0.717, 1.165) is 0 Å². The van der Waals surface area contributed by atoms with Crippen molar-refractivity contribution in [2.24, 2.45) is 0 Å². The van der Waals surface area contributed by atoms with Gasteiger partial charge in [0.2, 0.25) is 5.91 Å². The fraction of sp³-hybridized carbons (Fsp3) is 0.0588. The topological polar surface area (TPSA) is 81.3 Å². The Kier molecular flexibility index (Phi) is 3.51. The summed E-state index contributed by atoms with van der Waals surface area (Å²) in [6.07, 6.45) is 3.31. The fourth-order valence-electron chi connectivity index (χ4n) is 2.75. The van der Waals surface area contributed by atoms with Crippen LogP contribution in [0.5, 0.6) is 0 Å². The van der Waals surface area contributed by atoms with Crippen LogP contribution < -0.4 is 11.0 Å². The predicted molar refractivity (Wildman–Crippen MR) is 94.5 cm³/mol. The molecule has 0 unspecified atom stereocenters. The molecule has 1 amide bonds. The molecule has 8 heteroatoms. The summed E-state index contributed by atoms with van der Waals surface area (Å²) < 4.78 is 3.14. The maximum atomic E-state index is 12.4. The van der Waals surface area contributed by atoms with Gasteiger partial charge in [-0.1, -0.05) is 11.6 Å². The number of nitrogens with one attached hydrogen (secondary N) is 1. The number of carbonyl (C=O) groups is 1. The molecule has 1 aromatic carbocycles. The lowest BCUT2D eigenvalue weighted by Crippen LogP contribution is -2.14. The molecule has 2 aliphatic heterocycles. The molecule has 0 fully saturated rings. The van der Waals surface area contributed by atoms with Crippen molar-refractivity contribution in [2.45, 2.75) is 6.92 Å². The van der Waals surface area contributed by atoms with E-state index >= 15 is 0 Å². The van der Waals surface area contributed by atoms with E-state index in [0.29, 0.717) is 33.6 Å². The quantitative estimate of drug-likeness (QED) is 0.600. The van der Waals surface area contributed by atoms with Crippen LogP contribution in [0.4, 0.5) is 5.69 Å². The van der Waals surface area contributed by atoms with Crippen molar-refractivity contribution < 1.29 is 4.79 Å². The summed E-state index contributed by atoms with van der Waals surface area (Å²) in [5.41, 5.74) is 1.85. The number of hydrogen-bond acceptors (Lipinski definition) is 4. The summed E-state index contributed by atoms with van der Waals surface area (Å²) in [5, 5.41) is 3.30. The Hall–Kier alpha value is -3.19. The van der Waals surface area contributed by atoms with E-state index < -0.39 is 5.69 Å². The summed E-state index contributed by atoms with van der Waals surface area (Å²) in [4.78, 5) is 32.3. The molecule has 0 radical (unpaired) electrons. The number of hydrogen-bond donors (Lipinski definition) is 1. The number of imidazole rings is 1. The third-order valence-electron chi connectivity index (χ3n) is 3.76. The van der Waals surface area contributed by atoms with E-state index in [1.807, 2.05) is 0 Å². The lowest BCUT2D eigenvalue weighted by molar-refractivity contribution is -0.114. The molecule has 3 heterocycles. The molecule has 7 nitrogen and oxygen atoms in total. The number of carbonyl (C=O) groups excluding carboxylic acids is 1. The Morgan fingerprint density at radius 3 is 2.68 bits per heavy atom. The number of benzene rings is 1. The van der Waals surface area contributed by atoms with Crippen molar-refractivity contribution >= 4 is 28.8 Å². The SMILES string of the molecule is CC(=O)Nc1cccn2c3nc(=O)n(-c4ccc(Cl)cc4)c-3cnc12. The van der Waals surface area contributed by atoms with Crippen molar-refractivity contribution in [1.82, 2.24) is 18.9 Å². The van der Waals surface area contributed by atoms with E-state index in [1.54, 1.807) is 53.2 Å². The maximum absolute atomic E-state index is 12.4. The van der Waals surface area contributed by atoms with Crippen LogP contribution in [0.1, 0.15) is 6.92 Å². The van der Waals surface area contributed by atoms with Gasteiger partial charge in [0.15, 0.2) is 11.5 Å². The van der Waals surface area contributed by atoms with Gasteiger partial charge in [-0.3, -0.25) is 13.8 Å². The summed E-state index contributed by atoms with van der Waals surface area (Å²) in [5.74, 6) is 0.253. The van der Waals surface area contributed by atoms with E-state index in [2.05, 4.69) is 15.3 Å². The highest BCUT2D eigenvalue weighted by Crippen LogP contribution is 2.25. The molecule has 2 aromatic rings. The molecular weight excluding hydrogens is 342 g/mol. The number of nitrogens with zero attached hydrogens (tertiary/aromatic N) is 4. The van der Waals surface area contributed by atoms with Crippen LogP contribution in [-0.4, -0.2) is 24.8 Å². The largest absolute Gasteiger partial charge is 0.354 e. The standard InChI is InChI=1S/C17H12ClN5O2/c1-10(24)20-13-3-2-8-22-15(13)19-9-14-16(22)21-17(25)23(14)12-6-4-11(18)5-7-12/h2-9H,1H3,(H,20,24). The number of pyridine rings is 1. The lowest BCUT2D eigenvalue weighted by Gasteiger charge is -2.12. The molecular formula is C17H12ClN5O2. The first-order valence-electron chi connectivity index (χ1n) is 7.47. The second kappa shape index (κ2) is 5.71. The summed E-state index contributed by atoms with van der Waals surface area (Å²) in [6.45, 7) is 1.42. The van der Waals surface area contributed by atoms with Gasteiger partial charge in [-0.2, -0.15) is 4.98 Å². The minimum absolute atomic E-state index is 0.203. The first kappa shape index (κ1) is 15.3. The molecule has 124 valence electrons. The van der Waals surface area contributed by atoms with E-state index in [4.69, 9.17) is 11.6 Å². The minimum atomic E-state index is -0.413. The van der Waals surface area contributed by atoms with Crippen molar-refractivity contribution in [1.29, 1.82) is 0 Å². The van der Waals surface area contributed by atoms with Gasteiger partial charge in [-0.15, -0.1) is 0 Å². The van der Waals surface area contributed by atoms with Crippen LogP contribution >= 0.6 is 11.6 Å². The fourth-order valence-corrected chi connectivity index (χ4v) is 2.87. The average molecular weight is 354 g/mol. The zero-order valence-electron chi connectivity index (χ0n) is 13.1. The van der Waals surface area contributed by atoms with Gasteiger partial charge in [0.05, 0.1) is 17.6 Å². The zero-order valence-corrected chi connectivity index (χ0v) is 13.9. The first-order chi connectivity index (χ1) is 12.0. The Bertz CT molecular complexity index is 1130. The molecule has 25 heavy (non-hydrogen) atoms. The number of aromatic nitrogens is 4. The third kappa shape index (κ3) is 2.54. The molecule has 4 rings (SSSR count). The Morgan fingerprint density at radius 2 is 1.96 bits per heavy atom. The van der Waals surface area contributed by atoms with Crippen molar-refractivity contribution in [3.8, 4) is 17.2 Å². The molecule has 0 saturated carbocycles. The van der Waals surface area contributed by atoms with Crippen LogP contribution in [0.3, 0.4) is 0 Å². The third-order valence-corrected chi connectivity index (χ3v) is 4.01. The van der Waals surface area contributed by atoms with E-state index in [9.17, 15) is 9.59 Å². The molecule has 0 aliphatic carbocycles. The minimum Gasteiger partial charge on any atom is -0.323 e. The second-order valence-electron chi connectivity index (χ2n) is 5.47. The predicted octanol–water partition coefficient (Wildman–Crippen LogP) is 2.60. The Morgan fingerprint density at radius 1 is 1.20 bits per heavy atom. The Balaban J connectivity index is 1.98. The van der Waals surface area contributed by atoms with Gasteiger partial charge >= 0.3 is 5.69 Å². The van der Waals surface area contributed by atoms with Gasteiger partial charge in [0.1, 0.15) is 5.69 Å². The van der Waals surface area contributed by atoms with Crippen LogP contribution in [0.2, 0.25) is 5.02 Å². The number of rotatable bonds is 2. The highest BCUT2D eigenvalue weighted by atomic mass is 35.5. The van der Waals surface area contributed by atoms with Gasteiger partial charge < -0.3 is 5.32 Å². The van der Waals surface area contributed by atoms with Crippen molar-refractivity contribution in [3.63, 3.8) is 0 Å². The second-order valence-corrected chi connectivity index (χ2v) is 5.91. The van der Waals surface area contributed by atoms with Crippen LogP contribution in [0.15, 0.2) is 53.6 Å². The highest BCUT2D eigenvalue weighted by Gasteiger charge is 2.20. The van der Waals surface area contributed by atoms with Gasteiger partial charge in [-0.05, 0) is 36.4 Å². The summed E-state index contributed by atoms with van der Waals surface area (Å²) in [6, 6.07) is 10.4. The molecule has 0 spiro atoms. The number of halogens is 1. The van der Waals surface area contributed by atoms with Crippen LogP contribution in [-0.2, 0) is 4.79 Å². The van der Waals surface area contributed by atoms with Gasteiger partial charge in [0, 0.05) is 18.1 Å². The summed E-state index contributed by atoms with van der Waals surface area (Å²) in [7, 11) is 0. The smallest absolute Gasteiger partial charge is 0.323 e. The average Bonchev–Trinajstić information content (AvgIpc) is 2.92. The van der Waals surface area contributed by atoms with Crippen molar-refractivity contribution in [2.75, 3.05) is 5.32 Å².